The van der Waals surface area contributed by atoms with Crippen LogP contribution in [0.5, 0.6) is 0 Å². The quantitative estimate of drug-likeness (QED) is 0.802. The van der Waals surface area contributed by atoms with Gasteiger partial charge in [-0.1, -0.05) is 35.9 Å². The lowest BCUT2D eigenvalue weighted by Gasteiger charge is -2.23. The van der Waals surface area contributed by atoms with Crippen LogP contribution in [0.15, 0.2) is 53.6 Å². The molecular formula is C18H17ClF3N3O. The van der Waals surface area contributed by atoms with E-state index in [4.69, 9.17) is 16.3 Å². The predicted molar refractivity (Wildman–Crippen MR) is 93.6 cm³/mol. The van der Waals surface area contributed by atoms with Gasteiger partial charge >= 0.3 is 6.18 Å². The van der Waals surface area contributed by atoms with E-state index in [-0.39, 0.29) is 12.7 Å². The summed E-state index contributed by atoms with van der Waals surface area (Å²) in [6.45, 7) is 1.27. The molecule has 4 nitrogen and oxygen atoms in total. The molecule has 0 radical (unpaired) electrons. The lowest BCUT2D eigenvalue weighted by Crippen LogP contribution is -2.27. The highest BCUT2D eigenvalue weighted by molar-refractivity contribution is 6.30. The number of hydrogen-bond donors (Lipinski definition) is 1. The van der Waals surface area contributed by atoms with Crippen molar-refractivity contribution in [2.45, 2.75) is 18.9 Å². The van der Waals surface area contributed by atoms with Crippen LogP contribution in [0.4, 0.5) is 13.2 Å². The van der Waals surface area contributed by atoms with E-state index in [1.807, 2.05) is 17.1 Å². The zero-order valence-corrected chi connectivity index (χ0v) is 14.5. The first-order valence-corrected chi connectivity index (χ1v) is 8.33. The molecule has 1 N–H and O–H groups in total. The number of ether oxygens (including phenoxy) is 1. The topological polar surface area (TPSA) is 36.9 Å². The Labute approximate surface area is 154 Å². The molecule has 1 unspecified atom stereocenters. The molecule has 0 bridgehead atoms. The minimum absolute atomic E-state index is 0.191. The minimum atomic E-state index is -4.34. The van der Waals surface area contributed by atoms with Gasteiger partial charge in [0, 0.05) is 5.02 Å². The van der Waals surface area contributed by atoms with Crippen LogP contribution < -0.4 is 5.32 Å². The summed E-state index contributed by atoms with van der Waals surface area (Å²) in [6.07, 6.45) is -3.03. The molecule has 138 valence electrons. The van der Waals surface area contributed by atoms with Crippen LogP contribution in [0.25, 0.3) is 0 Å². The number of nitrogens with zero attached hydrogens (tertiary/aromatic N) is 2. The Hall–Kier alpha value is -2.25. The van der Waals surface area contributed by atoms with E-state index < -0.39 is 11.7 Å². The highest BCUT2D eigenvalue weighted by Gasteiger charge is 2.30. The van der Waals surface area contributed by atoms with Crippen molar-refractivity contribution in [1.29, 1.82) is 0 Å². The van der Waals surface area contributed by atoms with Crippen molar-refractivity contribution in [2.75, 3.05) is 13.2 Å². The fourth-order valence-electron chi connectivity index (χ4n) is 2.53. The Morgan fingerprint density at radius 2 is 1.81 bits per heavy atom. The van der Waals surface area contributed by atoms with Gasteiger partial charge in [-0.15, -0.1) is 0 Å². The van der Waals surface area contributed by atoms with E-state index in [1.165, 1.54) is 12.1 Å². The first-order valence-electron chi connectivity index (χ1n) is 7.96. The number of hydrogen-bond acceptors (Lipinski definition) is 4. The summed E-state index contributed by atoms with van der Waals surface area (Å²) in [5.74, 6) is 0. The van der Waals surface area contributed by atoms with E-state index in [0.717, 1.165) is 17.7 Å². The third-order valence-corrected chi connectivity index (χ3v) is 4.19. The van der Waals surface area contributed by atoms with Crippen molar-refractivity contribution in [1.82, 2.24) is 10.3 Å². The van der Waals surface area contributed by atoms with Gasteiger partial charge < -0.3 is 10.1 Å². The van der Waals surface area contributed by atoms with E-state index in [2.05, 4.69) is 10.4 Å². The summed E-state index contributed by atoms with van der Waals surface area (Å²) in [4.78, 5) is 0. The van der Waals surface area contributed by atoms with Crippen molar-refractivity contribution in [2.24, 2.45) is 5.10 Å². The normalized spacial score (nSPS) is 15.2. The maximum absolute atomic E-state index is 12.6. The van der Waals surface area contributed by atoms with E-state index in [1.54, 1.807) is 18.5 Å². The number of hydrazone groups is 1. The summed E-state index contributed by atoms with van der Waals surface area (Å²) < 4.78 is 43.9. The van der Waals surface area contributed by atoms with Crippen LogP contribution in [-0.2, 0) is 17.5 Å². The van der Waals surface area contributed by atoms with Crippen LogP contribution in [0.3, 0.4) is 0 Å². The molecular weight excluding hydrogens is 367 g/mol. The van der Waals surface area contributed by atoms with Gasteiger partial charge in [0.05, 0.1) is 18.7 Å². The molecule has 0 spiro atoms. The molecule has 0 saturated heterocycles. The third-order valence-electron chi connectivity index (χ3n) is 3.94. The van der Waals surface area contributed by atoms with Gasteiger partial charge in [0.1, 0.15) is 19.1 Å². The molecule has 1 heterocycles. The van der Waals surface area contributed by atoms with Gasteiger partial charge in [-0.2, -0.15) is 18.3 Å². The van der Waals surface area contributed by atoms with Crippen LogP contribution in [-0.4, -0.2) is 24.6 Å². The molecule has 0 amide bonds. The fourth-order valence-corrected chi connectivity index (χ4v) is 2.66. The number of halogens is 4. The van der Waals surface area contributed by atoms with Gasteiger partial charge in [0.15, 0.2) is 0 Å². The molecule has 0 saturated carbocycles. The summed E-state index contributed by atoms with van der Waals surface area (Å²) in [5.41, 5.74) is 0.913. The Morgan fingerprint density at radius 3 is 2.38 bits per heavy atom. The monoisotopic (exact) mass is 383 g/mol. The maximum atomic E-state index is 12.6. The second-order valence-corrected chi connectivity index (χ2v) is 6.28. The van der Waals surface area contributed by atoms with Gasteiger partial charge in [0.25, 0.3) is 0 Å². The summed E-state index contributed by atoms with van der Waals surface area (Å²) in [5, 5.41) is 9.59. The molecule has 1 aliphatic heterocycles. The number of rotatable bonds is 6. The Kier molecular flexibility index (Phi) is 5.68. The van der Waals surface area contributed by atoms with Crippen molar-refractivity contribution < 1.29 is 17.9 Å². The highest BCUT2D eigenvalue weighted by Crippen LogP contribution is 2.29. The first kappa shape index (κ1) is 18.5. The van der Waals surface area contributed by atoms with Crippen molar-refractivity contribution in [3.63, 3.8) is 0 Å². The number of nitrogens with one attached hydrogen (secondary N) is 1. The Balaban J connectivity index is 1.68. The Morgan fingerprint density at radius 1 is 1.12 bits per heavy atom. The molecule has 2 aromatic rings. The van der Waals surface area contributed by atoms with Crippen molar-refractivity contribution in [3.8, 4) is 0 Å². The summed E-state index contributed by atoms with van der Waals surface area (Å²) >= 11 is 5.93. The average Bonchev–Trinajstić information content (AvgIpc) is 3.12. The van der Waals surface area contributed by atoms with E-state index >= 15 is 0 Å². The molecule has 3 rings (SSSR count). The third kappa shape index (κ3) is 4.89. The van der Waals surface area contributed by atoms with Gasteiger partial charge in [-0.05, 0) is 35.4 Å². The van der Waals surface area contributed by atoms with Crippen molar-refractivity contribution in [3.05, 3.63) is 70.2 Å². The van der Waals surface area contributed by atoms with Crippen LogP contribution in [0, 0.1) is 0 Å². The molecule has 0 aromatic heterocycles. The van der Waals surface area contributed by atoms with E-state index in [9.17, 15) is 13.2 Å². The van der Waals surface area contributed by atoms with E-state index in [0.29, 0.717) is 23.8 Å². The lowest BCUT2D eigenvalue weighted by atomic mass is 10.1. The maximum Gasteiger partial charge on any atom is 0.416 e. The van der Waals surface area contributed by atoms with Gasteiger partial charge in [-0.3, -0.25) is 5.01 Å². The standard InChI is InChI=1S/C18H17ClF3N3O/c19-16-7-3-14(4-8-16)17(9-25-12-23-11-24-25)26-10-13-1-5-15(6-2-13)18(20,21)22/h1-8,11,17H,9-10,12H2,(H,23,24). The van der Waals surface area contributed by atoms with Gasteiger partial charge in [0.2, 0.25) is 0 Å². The molecule has 26 heavy (non-hydrogen) atoms. The average molecular weight is 384 g/mol. The molecule has 8 heteroatoms. The van der Waals surface area contributed by atoms with Gasteiger partial charge in [-0.25, -0.2) is 0 Å². The zero-order chi connectivity index (χ0) is 18.6. The lowest BCUT2D eigenvalue weighted by molar-refractivity contribution is -0.137. The summed E-state index contributed by atoms with van der Waals surface area (Å²) in [7, 11) is 0. The first-order chi connectivity index (χ1) is 12.4. The second-order valence-electron chi connectivity index (χ2n) is 5.84. The molecule has 1 atom stereocenters. The Bertz CT molecular complexity index is 748. The molecule has 1 aliphatic rings. The van der Waals surface area contributed by atoms with Crippen LogP contribution >= 0.6 is 11.6 Å². The summed E-state index contributed by atoms with van der Waals surface area (Å²) in [6, 6.07) is 12.3. The fraction of sp³-hybridized carbons (Fsp3) is 0.278. The predicted octanol–water partition coefficient (Wildman–Crippen LogP) is 4.42. The number of benzene rings is 2. The molecule has 0 aliphatic carbocycles. The van der Waals surface area contributed by atoms with Crippen LogP contribution in [0.2, 0.25) is 5.02 Å². The smallest absolute Gasteiger partial charge is 0.367 e. The zero-order valence-electron chi connectivity index (χ0n) is 13.7. The minimum Gasteiger partial charge on any atom is -0.367 e. The van der Waals surface area contributed by atoms with Crippen LogP contribution in [0.1, 0.15) is 22.8 Å². The SMILES string of the molecule is FC(F)(F)c1ccc(COC(CN2CNC=N2)c2ccc(Cl)cc2)cc1. The second kappa shape index (κ2) is 7.97. The molecule has 0 fully saturated rings. The number of alkyl halides is 3. The van der Waals surface area contributed by atoms with Crippen molar-refractivity contribution >= 4 is 17.9 Å². The molecule has 2 aromatic carbocycles. The highest BCUT2D eigenvalue weighted by atomic mass is 35.5. The largest absolute Gasteiger partial charge is 0.416 e.